The van der Waals surface area contributed by atoms with E-state index in [1.54, 1.807) is 19.1 Å². The predicted octanol–water partition coefficient (Wildman–Crippen LogP) is 2.07. The molecule has 0 aromatic carbocycles. The van der Waals surface area contributed by atoms with Crippen molar-refractivity contribution in [2.75, 3.05) is 0 Å². The number of amides is 1. The monoisotopic (exact) mass is 314 g/mol. The van der Waals surface area contributed by atoms with E-state index in [-0.39, 0.29) is 11.6 Å². The first kappa shape index (κ1) is 14.6. The van der Waals surface area contributed by atoms with E-state index in [9.17, 15) is 9.59 Å². The van der Waals surface area contributed by atoms with Crippen LogP contribution < -0.4 is 5.32 Å². The van der Waals surface area contributed by atoms with Gasteiger partial charge in [0.25, 0.3) is 5.91 Å². The Balaban J connectivity index is 2.86. The molecule has 0 spiro atoms. The number of nitrogens with zero attached hydrogens (tertiary/aromatic N) is 1. The van der Waals surface area contributed by atoms with E-state index in [4.69, 9.17) is 5.11 Å². The zero-order valence-electron chi connectivity index (χ0n) is 10.2. The van der Waals surface area contributed by atoms with Crippen molar-refractivity contribution in [1.82, 2.24) is 10.3 Å². The Bertz CT molecular complexity index is 451. The topological polar surface area (TPSA) is 79.3 Å². The van der Waals surface area contributed by atoms with E-state index in [1.165, 1.54) is 6.20 Å². The zero-order valence-corrected chi connectivity index (χ0v) is 11.8. The molecule has 0 bridgehead atoms. The number of carboxylic acid groups (broad SMARTS) is 1. The highest BCUT2D eigenvalue weighted by atomic mass is 79.9. The molecule has 0 saturated carbocycles. The normalized spacial score (nSPS) is 13.7. The summed E-state index contributed by atoms with van der Waals surface area (Å²) >= 11 is 3.21. The molecule has 0 radical (unpaired) electrons. The molecule has 0 aliphatic heterocycles. The molecule has 0 saturated heterocycles. The molecular weight excluding hydrogens is 300 g/mol. The lowest BCUT2D eigenvalue weighted by atomic mass is 9.99. The zero-order chi connectivity index (χ0) is 13.7. The van der Waals surface area contributed by atoms with Gasteiger partial charge < -0.3 is 10.4 Å². The maximum atomic E-state index is 11.9. The van der Waals surface area contributed by atoms with Crippen LogP contribution in [0.15, 0.2) is 22.8 Å². The molecule has 98 valence electrons. The van der Waals surface area contributed by atoms with Gasteiger partial charge in [0.05, 0.1) is 0 Å². The van der Waals surface area contributed by atoms with E-state index >= 15 is 0 Å². The Morgan fingerprint density at radius 1 is 1.56 bits per heavy atom. The molecule has 6 heteroatoms. The minimum Gasteiger partial charge on any atom is -0.480 e. The summed E-state index contributed by atoms with van der Waals surface area (Å²) in [7, 11) is 0. The SMILES string of the molecule is CCC(C)C(NC(=O)c1ncccc1Br)C(=O)O. The van der Waals surface area contributed by atoms with Crippen LogP contribution in [-0.4, -0.2) is 28.0 Å². The average Bonchev–Trinajstić information content (AvgIpc) is 2.35. The number of aliphatic carboxylic acids is 1. The van der Waals surface area contributed by atoms with Crippen molar-refractivity contribution in [3.63, 3.8) is 0 Å². The largest absolute Gasteiger partial charge is 0.480 e. The van der Waals surface area contributed by atoms with Gasteiger partial charge in [-0.2, -0.15) is 0 Å². The number of pyridine rings is 1. The Labute approximate surface area is 114 Å². The number of aromatic nitrogens is 1. The minimum atomic E-state index is -1.04. The van der Waals surface area contributed by atoms with Gasteiger partial charge >= 0.3 is 5.97 Å². The van der Waals surface area contributed by atoms with Crippen molar-refractivity contribution in [2.24, 2.45) is 5.92 Å². The Morgan fingerprint density at radius 2 is 2.22 bits per heavy atom. The highest BCUT2D eigenvalue weighted by Gasteiger charge is 2.26. The fraction of sp³-hybridized carbons (Fsp3) is 0.417. The molecule has 1 rings (SSSR count). The van der Waals surface area contributed by atoms with Crippen LogP contribution in [0.5, 0.6) is 0 Å². The molecule has 0 fully saturated rings. The van der Waals surface area contributed by atoms with Gasteiger partial charge in [0.15, 0.2) is 0 Å². The van der Waals surface area contributed by atoms with Gasteiger partial charge in [0, 0.05) is 10.7 Å². The van der Waals surface area contributed by atoms with Gasteiger partial charge in [0.2, 0.25) is 0 Å². The van der Waals surface area contributed by atoms with Crippen LogP contribution in [-0.2, 0) is 4.79 Å². The van der Waals surface area contributed by atoms with Crippen molar-refractivity contribution in [3.8, 4) is 0 Å². The number of carbonyl (C=O) groups excluding carboxylic acids is 1. The van der Waals surface area contributed by atoms with Crippen molar-refractivity contribution < 1.29 is 14.7 Å². The van der Waals surface area contributed by atoms with E-state index in [0.717, 1.165) is 0 Å². The smallest absolute Gasteiger partial charge is 0.326 e. The third-order valence-corrected chi connectivity index (χ3v) is 3.38. The summed E-state index contributed by atoms with van der Waals surface area (Å²) in [5.74, 6) is -1.67. The summed E-state index contributed by atoms with van der Waals surface area (Å²) in [6.45, 7) is 3.66. The van der Waals surface area contributed by atoms with Crippen molar-refractivity contribution in [1.29, 1.82) is 0 Å². The number of carboxylic acids is 1. The summed E-state index contributed by atoms with van der Waals surface area (Å²) in [5.41, 5.74) is 0.187. The summed E-state index contributed by atoms with van der Waals surface area (Å²) in [5, 5.41) is 11.6. The Hall–Kier alpha value is -1.43. The van der Waals surface area contributed by atoms with Gasteiger partial charge in [0.1, 0.15) is 11.7 Å². The molecular formula is C12H15BrN2O3. The fourth-order valence-electron chi connectivity index (χ4n) is 1.45. The summed E-state index contributed by atoms with van der Waals surface area (Å²) in [6.07, 6.45) is 2.15. The average molecular weight is 315 g/mol. The van der Waals surface area contributed by atoms with Crippen molar-refractivity contribution >= 4 is 27.8 Å². The maximum Gasteiger partial charge on any atom is 0.326 e. The minimum absolute atomic E-state index is 0.145. The van der Waals surface area contributed by atoms with Crippen LogP contribution >= 0.6 is 15.9 Å². The molecule has 2 N–H and O–H groups in total. The molecule has 5 nitrogen and oxygen atoms in total. The molecule has 1 aromatic heterocycles. The number of rotatable bonds is 5. The third-order valence-electron chi connectivity index (χ3n) is 2.74. The second-order valence-corrected chi connectivity index (χ2v) is 4.86. The van der Waals surface area contributed by atoms with Gasteiger partial charge in [-0.05, 0) is 34.0 Å². The van der Waals surface area contributed by atoms with E-state index in [1.807, 2.05) is 6.92 Å². The van der Waals surface area contributed by atoms with Crippen LogP contribution in [0.2, 0.25) is 0 Å². The highest BCUT2D eigenvalue weighted by molar-refractivity contribution is 9.10. The van der Waals surface area contributed by atoms with Crippen LogP contribution in [0.25, 0.3) is 0 Å². The molecule has 2 unspecified atom stereocenters. The standard InChI is InChI=1S/C12H15BrN2O3/c1-3-7(2)9(12(17)18)15-11(16)10-8(13)5-4-6-14-10/h4-7,9H,3H2,1-2H3,(H,15,16)(H,17,18). The van der Waals surface area contributed by atoms with Gasteiger partial charge in [-0.3, -0.25) is 4.79 Å². The van der Waals surface area contributed by atoms with Crippen LogP contribution in [0.3, 0.4) is 0 Å². The van der Waals surface area contributed by atoms with Crippen LogP contribution in [0, 0.1) is 5.92 Å². The molecule has 18 heavy (non-hydrogen) atoms. The molecule has 1 aromatic rings. The lowest BCUT2D eigenvalue weighted by molar-refractivity contribution is -0.140. The van der Waals surface area contributed by atoms with Crippen molar-refractivity contribution in [2.45, 2.75) is 26.3 Å². The molecule has 0 aliphatic carbocycles. The number of carbonyl (C=O) groups is 2. The Kier molecular flexibility index (Phi) is 5.27. The number of nitrogens with one attached hydrogen (secondary N) is 1. The quantitative estimate of drug-likeness (QED) is 0.872. The summed E-state index contributed by atoms with van der Waals surface area (Å²) < 4.78 is 0.538. The summed E-state index contributed by atoms with van der Waals surface area (Å²) in [6, 6.07) is 2.46. The third kappa shape index (κ3) is 3.53. The number of hydrogen-bond donors (Lipinski definition) is 2. The van der Waals surface area contributed by atoms with Gasteiger partial charge in [-0.1, -0.05) is 20.3 Å². The molecule has 1 amide bonds. The number of halogens is 1. The molecule has 0 aliphatic rings. The highest BCUT2D eigenvalue weighted by Crippen LogP contribution is 2.14. The lowest BCUT2D eigenvalue weighted by Gasteiger charge is -2.20. The van der Waals surface area contributed by atoms with Crippen LogP contribution in [0.1, 0.15) is 30.8 Å². The Morgan fingerprint density at radius 3 is 2.72 bits per heavy atom. The van der Waals surface area contributed by atoms with E-state index in [0.29, 0.717) is 10.9 Å². The first-order chi connectivity index (χ1) is 8.47. The molecule has 1 heterocycles. The predicted molar refractivity (Wildman–Crippen MR) is 70.3 cm³/mol. The molecule has 2 atom stereocenters. The first-order valence-electron chi connectivity index (χ1n) is 5.61. The lowest BCUT2D eigenvalue weighted by Crippen LogP contribution is -2.45. The van der Waals surface area contributed by atoms with Gasteiger partial charge in [-0.25, -0.2) is 9.78 Å². The maximum absolute atomic E-state index is 11.9. The second-order valence-electron chi connectivity index (χ2n) is 4.01. The van der Waals surface area contributed by atoms with Crippen LogP contribution in [0.4, 0.5) is 0 Å². The van der Waals surface area contributed by atoms with Crippen molar-refractivity contribution in [3.05, 3.63) is 28.5 Å². The van der Waals surface area contributed by atoms with E-state index in [2.05, 4.69) is 26.2 Å². The van der Waals surface area contributed by atoms with E-state index < -0.39 is 17.9 Å². The van der Waals surface area contributed by atoms with Gasteiger partial charge in [-0.15, -0.1) is 0 Å². The summed E-state index contributed by atoms with van der Waals surface area (Å²) in [4.78, 5) is 27.0. The second kappa shape index (κ2) is 6.49. The number of hydrogen-bond acceptors (Lipinski definition) is 3. The fourth-order valence-corrected chi connectivity index (χ4v) is 1.88. The first-order valence-corrected chi connectivity index (χ1v) is 6.40.